The number of carbonyl (C=O) groups excluding carboxylic acids is 2. The van der Waals surface area contributed by atoms with Gasteiger partial charge in [0.25, 0.3) is 5.91 Å². The highest BCUT2D eigenvalue weighted by Crippen LogP contribution is 2.23. The zero-order valence-electron chi connectivity index (χ0n) is 15.4. The average molecular weight is 365 g/mol. The molecule has 0 unspecified atom stereocenters. The van der Waals surface area contributed by atoms with E-state index >= 15 is 0 Å². The predicted octanol–water partition coefficient (Wildman–Crippen LogP) is 3.73. The van der Waals surface area contributed by atoms with Gasteiger partial charge in [-0.1, -0.05) is 62.4 Å². The molecule has 2 amide bonds. The number of rotatable bonds is 5. The van der Waals surface area contributed by atoms with Crippen LogP contribution < -0.4 is 10.6 Å². The number of carbonyl (C=O) groups is 2. The zero-order chi connectivity index (χ0) is 19.2. The van der Waals surface area contributed by atoms with Gasteiger partial charge < -0.3 is 10.1 Å². The molecular formula is C21H23N3O3. The van der Waals surface area contributed by atoms with Crippen LogP contribution in [0.3, 0.4) is 0 Å². The first kappa shape index (κ1) is 18.6. The van der Waals surface area contributed by atoms with E-state index in [1.54, 1.807) is 0 Å². The van der Waals surface area contributed by atoms with Crippen LogP contribution in [0.1, 0.15) is 31.4 Å². The Morgan fingerprint density at radius 1 is 1.15 bits per heavy atom. The Labute approximate surface area is 158 Å². The minimum absolute atomic E-state index is 0.129. The van der Waals surface area contributed by atoms with Crippen molar-refractivity contribution < 1.29 is 14.3 Å². The number of benzene rings is 2. The summed E-state index contributed by atoms with van der Waals surface area (Å²) < 4.78 is 5.21. The van der Waals surface area contributed by atoms with E-state index in [2.05, 4.69) is 29.5 Å². The largest absolute Gasteiger partial charge is 0.445 e. The maximum Gasteiger partial charge on any atom is 0.409 e. The summed E-state index contributed by atoms with van der Waals surface area (Å²) in [6.07, 6.45) is -1.02. The number of nitrogens with one attached hydrogen (secondary N) is 2. The number of hydrogen-bond acceptors (Lipinski definition) is 4. The molecule has 6 nitrogen and oxygen atoms in total. The van der Waals surface area contributed by atoms with E-state index in [0.717, 1.165) is 16.8 Å². The number of hydrogen-bond donors (Lipinski definition) is 2. The lowest BCUT2D eigenvalue weighted by atomic mass is 9.99. The van der Waals surface area contributed by atoms with Gasteiger partial charge in [-0.2, -0.15) is 0 Å². The molecule has 2 N–H and O–H groups in total. The summed E-state index contributed by atoms with van der Waals surface area (Å²) in [5, 5.41) is 5.39. The molecule has 0 radical (unpaired) electrons. The van der Waals surface area contributed by atoms with Crippen molar-refractivity contribution in [3.05, 3.63) is 65.7 Å². The fourth-order valence-corrected chi connectivity index (χ4v) is 2.85. The smallest absolute Gasteiger partial charge is 0.409 e. The monoisotopic (exact) mass is 365 g/mol. The van der Waals surface area contributed by atoms with Crippen molar-refractivity contribution in [2.75, 3.05) is 5.32 Å². The summed E-state index contributed by atoms with van der Waals surface area (Å²) in [6.45, 7) is 4.30. The molecule has 1 heterocycles. The number of nitrogens with zero attached hydrogens (tertiary/aromatic N) is 1. The summed E-state index contributed by atoms with van der Waals surface area (Å²) in [6, 6.07) is 16.9. The Kier molecular flexibility index (Phi) is 5.86. The molecule has 27 heavy (non-hydrogen) atoms. The van der Waals surface area contributed by atoms with Crippen LogP contribution in [0.5, 0.6) is 0 Å². The van der Waals surface area contributed by atoms with E-state index in [4.69, 9.17) is 4.74 Å². The molecule has 6 heteroatoms. The lowest BCUT2D eigenvalue weighted by Crippen LogP contribution is -2.42. The van der Waals surface area contributed by atoms with Gasteiger partial charge >= 0.3 is 6.09 Å². The molecule has 1 aliphatic heterocycles. The first-order valence-electron chi connectivity index (χ1n) is 8.97. The third-order valence-corrected chi connectivity index (χ3v) is 4.10. The van der Waals surface area contributed by atoms with Crippen molar-refractivity contribution in [2.45, 2.75) is 33.0 Å². The fourth-order valence-electron chi connectivity index (χ4n) is 2.85. The van der Waals surface area contributed by atoms with Crippen LogP contribution in [0.15, 0.2) is 59.6 Å². The van der Waals surface area contributed by atoms with Crippen molar-refractivity contribution >= 4 is 23.4 Å². The van der Waals surface area contributed by atoms with Crippen LogP contribution in [0.2, 0.25) is 0 Å². The second-order valence-electron chi connectivity index (χ2n) is 6.82. The number of amides is 2. The van der Waals surface area contributed by atoms with Crippen LogP contribution in [0.4, 0.5) is 10.5 Å². The quantitative estimate of drug-likeness (QED) is 0.847. The molecule has 2 aromatic carbocycles. The second-order valence-corrected chi connectivity index (χ2v) is 6.82. The van der Waals surface area contributed by atoms with E-state index in [9.17, 15) is 9.59 Å². The van der Waals surface area contributed by atoms with Gasteiger partial charge in [0.2, 0.25) is 6.17 Å². The lowest BCUT2D eigenvalue weighted by Gasteiger charge is -2.14. The van der Waals surface area contributed by atoms with Gasteiger partial charge in [0.15, 0.2) is 0 Å². The normalized spacial score (nSPS) is 16.0. The predicted molar refractivity (Wildman–Crippen MR) is 105 cm³/mol. The molecule has 0 spiro atoms. The number of anilines is 1. The van der Waals surface area contributed by atoms with Gasteiger partial charge in [-0.3, -0.25) is 15.1 Å². The van der Waals surface area contributed by atoms with Crippen molar-refractivity contribution in [2.24, 2.45) is 10.9 Å². The highest BCUT2D eigenvalue weighted by Gasteiger charge is 2.26. The Morgan fingerprint density at radius 2 is 1.85 bits per heavy atom. The molecular weight excluding hydrogens is 342 g/mol. The minimum atomic E-state index is -1.03. The molecule has 0 bridgehead atoms. The number of fused-ring (bicyclic) bond motifs is 1. The standard InChI is InChI=1S/C21H23N3O3/c1-14(2)12-18-16-10-6-7-11-17(16)23-20(25)19(22-18)24-21(26)27-13-15-8-4-3-5-9-15/h3-11,14,19H,12-13H2,1-2H3,(H,23,25)(H,24,26)/t19-/m1/s1. The zero-order valence-corrected chi connectivity index (χ0v) is 15.4. The molecule has 0 saturated carbocycles. The van der Waals surface area contributed by atoms with Gasteiger partial charge in [0.1, 0.15) is 6.61 Å². The van der Waals surface area contributed by atoms with Gasteiger partial charge in [0, 0.05) is 17.0 Å². The average Bonchev–Trinajstić information content (AvgIpc) is 2.77. The molecule has 0 aliphatic carbocycles. The number of alkyl carbamates (subject to hydrolysis) is 1. The third kappa shape index (κ3) is 4.94. The maximum absolute atomic E-state index is 12.5. The highest BCUT2D eigenvalue weighted by atomic mass is 16.5. The van der Waals surface area contributed by atoms with Crippen LogP contribution in [-0.2, 0) is 16.1 Å². The summed E-state index contributed by atoms with van der Waals surface area (Å²) in [7, 11) is 0. The maximum atomic E-state index is 12.5. The molecule has 0 aromatic heterocycles. The molecule has 140 valence electrons. The van der Waals surface area contributed by atoms with Crippen LogP contribution >= 0.6 is 0 Å². The van der Waals surface area contributed by atoms with Gasteiger partial charge in [-0.05, 0) is 24.0 Å². The van der Waals surface area contributed by atoms with Crippen molar-refractivity contribution in [3.8, 4) is 0 Å². The minimum Gasteiger partial charge on any atom is -0.445 e. The number of benzodiazepines with no additional fused rings is 1. The molecule has 2 aromatic rings. The van der Waals surface area contributed by atoms with E-state index < -0.39 is 18.2 Å². The first-order valence-corrected chi connectivity index (χ1v) is 8.97. The van der Waals surface area contributed by atoms with Gasteiger partial charge in [-0.15, -0.1) is 0 Å². The van der Waals surface area contributed by atoms with E-state index in [1.165, 1.54) is 0 Å². The number of aliphatic imine (C=N–C) groups is 1. The van der Waals surface area contributed by atoms with Crippen molar-refractivity contribution in [1.82, 2.24) is 5.32 Å². The third-order valence-electron chi connectivity index (χ3n) is 4.10. The van der Waals surface area contributed by atoms with Crippen LogP contribution in [0.25, 0.3) is 0 Å². The lowest BCUT2D eigenvalue weighted by molar-refractivity contribution is -0.117. The summed E-state index contributed by atoms with van der Waals surface area (Å²) in [5.41, 5.74) is 3.23. The van der Waals surface area contributed by atoms with Crippen molar-refractivity contribution in [1.29, 1.82) is 0 Å². The van der Waals surface area contributed by atoms with E-state index in [0.29, 0.717) is 18.0 Å². The summed E-state index contributed by atoms with van der Waals surface area (Å²) in [4.78, 5) is 29.2. The summed E-state index contributed by atoms with van der Waals surface area (Å²) in [5.74, 6) is -0.0337. The number of para-hydroxylation sites is 1. The molecule has 3 rings (SSSR count). The summed E-state index contributed by atoms with van der Waals surface area (Å²) >= 11 is 0. The molecule has 0 saturated heterocycles. The van der Waals surface area contributed by atoms with Gasteiger partial charge in [0.05, 0.1) is 0 Å². The Hall–Kier alpha value is -3.15. The Balaban J connectivity index is 1.74. The van der Waals surface area contributed by atoms with Crippen molar-refractivity contribution in [3.63, 3.8) is 0 Å². The van der Waals surface area contributed by atoms with Crippen LogP contribution in [-0.4, -0.2) is 23.9 Å². The number of ether oxygens (including phenoxy) is 1. The highest BCUT2D eigenvalue weighted by molar-refractivity contribution is 6.12. The van der Waals surface area contributed by atoms with Crippen LogP contribution in [0, 0.1) is 5.92 Å². The molecule has 1 aliphatic rings. The fraction of sp³-hybridized carbons (Fsp3) is 0.286. The van der Waals surface area contributed by atoms with E-state index in [-0.39, 0.29) is 6.61 Å². The van der Waals surface area contributed by atoms with Gasteiger partial charge in [-0.25, -0.2) is 4.79 Å². The second kappa shape index (κ2) is 8.49. The first-order chi connectivity index (χ1) is 13.0. The Morgan fingerprint density at radius 3 is 2.59 bits per heavy atom. The SMILES string of the molecule is CC(C)CC1=N[C@H](NC(=O)OCc2ccccc2)C(=O)Nc2ccccc21. The molecule has 1 atom stereocenters. The molecule has 0 fully saturated rings. The Bertz CT molecular complexity index is 847. The van der Waals surface area contributed by atoms with E-state index in [1.807, 2.05) is 54.6 Å². The topological polar surface area (TPSA) is 79.8 Å².